The summed E-state index contributed by atoms with van der Waals surface area (Å²) in [5.41, 5.74) is -0.724. The molecule has 4 heterocycles. The summed E-state index contributed by atoms with van der Waals surface area (Å²) < 4.78 is 12.2. The molecule has 0 aliphatic carbocycles. The minimum atomic E-state index is -1.29. The second-order valence-electron chi connectivity index (χ2n) is 10.4. The van der Waals surface area contributed by atoms with Gasteiger partial charge in [0.15, 0.2) is 0 Å². The molecule has 204 valence electrons. The van der Waals surface area contributed by atoms with Crippen LogP contribution in [0.25, 0.3) is 0 Å². The summed E-state index contributed by atoms with van der Waals surface area (Å²) in [5.74, 6) is -2.68. The highest BCUT2D eigenvalue weighted by atomic mass is 35.5. The van der Waals surface area contributed by atoms with E-state index in [-0.39, 0.29) is 25.0 Å². The number of halogens is 1. The van der Waals surface area contributed by atoms with Crippen molar-refractivity contribution in [3.8, 4) is 0 Å². The fourth-order valence-corrected chi connectivity index (χ4v) is 6.53. The van der Waals surface area contributed by atoms with E-state index in [4.69, 9.17) is 26.2 Å². The van der Waals surface area contributed by atoms with Crippen LogP contribution >= 0.6 is 11.6 Å². The lowest BCUT2D eigenvalue weighted by molar-refractivity contribution is -0.154. The van der Waals surface area contributed by atoms with E-state index >= 15 is 0 Å². The quantitative estimate of drug-likeness (QED) is 0.321. The second kappa shape index (κ2) is 11.6. The number of rotatable bonds is 7. The Labute approximate surface area is 228 Å². The number of para-hydroxylation sites is 1. The molecule has 1 aromatic carbocycles. The highest BCUT2D eigenvalue weighted by molar-refractivity contribution is 6.34. The second-order valence-corrected chi connectivity index (χ2v) is 10.8. The molecular formula is C29H35ClN2O6. The maximum atomic E-state index is 14.3. The number of hydrogen-bond acceptors (Lipinski definition) is 6. The standard InChI is InChI=1S/C29H35ClN2O6/c30-20-12-6-7-13-21(20)31-17-11-15-29-24(23-22(38-29)14-5-1-4-10-19-37-28(23)36)26(34)32(25(29)27(31)35)16-8-2-3-9-18-33/h5-7,11-15,22-25,33H,1-4,8-10,16-19H2/b14-5-/t22-,23+,24-,25?,29-/m0/s1. The summed E-state index contributed by atoms with van der Waals surface area (Å²) in [4.78, 5) is 45.0. The first-order chi connectivity index (χ1) is 18.5. The van der Waals surface area contributed by atoms with Crippen molar-refractivity contribution in [1.82, 2.24) is 4.90 Å². The average molecular weight is 543 g/mol. The smallest absolute Gasteiger partial charge is 0.312 e. The van der Waals surface area contributed by atoms with Crippen molar-refractivity contribution in [3.05, 3.63) is 53.6 Å². The largest absolute Gasteiger partial charge is 0.465 e. The number of fused-ring (bicyclic) bond motifs is 2. The molecule has 5 rings (SSSR count). The van der Waals surface area contributed by atoms with Gasteiger partial charge < -0.3 is 24.4 Å². The molecule has 1 spiro atoms. The van der Waals surface area contributed by atoms with Crippen molar-refractivity contribution in [2.24, 2.45) is 11.8 Å². The Hall–Kier alpha value is -2.68. The van der Waals surface area contributed by atoms with Crippen molar-refractivity contribution in [3.63, 3.8) is 0 Å². The van der Waals surface area contributed by atoms with Crippen LogP contribution in [-0.4, -0.2) is 71.8 Å². The number of allylic oxidation sites excluding steroid dienone is 1. The van der Waals surface area contributed by atoms with Gasteiger partial charge in [-0.1, -0.05) is 60.9 Å². The Bertz CT molecular complexity index is 1120. The molecule has 1 aromatic rings. The number of benzene rings is 1. The SMILES string of the molecule is O=C1OCCCC/C=C\[C@@H]2O[C@]34C=CCN(c5ccccc5Cl)C(=O)C3N(CCCCCCO)C(=O)[C@@H]4[C@H]12. The molecule has 5 atom stereocenters. The fourth-order valence-electron chi connectivity index (χ4n) is 6.29. The highest BCUT2D eigenvalue weighted by Crippen LogP contribution is 2.53. The van der Waals surface area contributed by atoms with Crippen LogP contribution in [0.5, 0.6) is 0 Å². The van der Waals surface area contributed by atoms with Crippen molar-refractivity contribution in [2.75, 3.05) is 31.2 Å². The molecule has 0 bridgehead atoms. The number of esters is 1. The summed E-state index contributed by atoms with van der Waals surface area (Å²) >= 11 is 6.49. The van der Waals surface area contributed by atoms with Crippen LogP contribution in [0.3, 0.4) is 0 Å². The summed E-state index contributed by atoms with van der Waals surface area (Å²) in [5, 5.41) is 9.56. The first-order valence-electron chi connectivity index (χ1n) is 13.7. The molecule has 8 nitrogen and oxygen atoms in total. The van der Waals surface area contributed by atoms with Crippen LogP contribution < -0.4 is 4.90 Å². The number of ether oxygens (including phenoxy) is 2. The van der Waals surface area contributed by atoms with Crippen LogP contribution in [0.2, 0.25) is 5.02 Å². The topological polar surface area (TPSA) is 96.4 Å². The molecule has 0 radical (unpaired) electrons. The molecule has 9 heteroatoms. The molecule has 2 saturated heterocycles. The molecule has 1 N–H and O–H groups in total. The number of anilines is 1. The minimum absolute atomic E-state index is 0.124. The van der Waals surface area contributed by atoms with Gasteiger partial charge >= 0.3 is 5.97 Å². The van der Waals surface area contributed by atoms with Gasteiger partial charge in [0.1, 0.15) is 17.6 Å². The number of carbonyl (C=O) groups excluding carboxylic acids is 3. The summed E-state index contributed by atoms with van der Waals surface area (Å²) in [7, 11) is 0. The van der Waals surface area contributed by atoms with Gasteiger partial charge in [-0.25, -0.2) is 0 Å². The lowest BCUT2D eigenvalue weighted by Gasteiger charge is -2.35. The third kappa shape index (κ3) is 4.78. The number of unbranched alkanes of at least 4 members (excludes halogenated alkanes) is 3. The van der Waals surface area contributed by atoms with Crippen LogP contribution in [0.1, 0.15) is 44.9 Å². The normalized spacial score (nSPS) is 31.9. The van der Waals surface area contributed by atoms with Crippen LogP contribution in [0, 0.1) is 11.8 Å². The van der Waals surface area contributed by atoms with Crippen molar-refractivity contribution >= 4 is 35.1 Å². The highest BCUT2D eigenvalue weighted by Gasteiger charge is 2.71. The Morgan fingerprint density at radius 1 is 1.03 bits per heavy atom. The van der Waals surface area contributed by atoms with E-state index in [1.807, 2.05) is 30.4 Å². The Morgan fingerprint density at radius 2 is 1.84 bits per heavy atom. The van der Waals surface area contributed by atoms with Crippen molar-refractivity contribution in [1.29, 1.82) is 0 Å². The number of hydrogen-bond donors (Lipinski definition) is 1. The van der Waals surface area contributed by atoms with E-state index in [0.717, 1.165) is 32.1 Å². The van der Waals surface area contributed by atoms with Gasteiger partial charge in [-0.3, -0.25) is 14.4 Å². The summed E-state index contributed by atoms with van der Waals surface area (Å²) in [6, 6.07) is 6.21. The van der Waals surface area contributed by atoms with Gasteiger partial charge in [-0.15, -0.1) is 0 Å². The molecule has 4 aliphatic heterocycles. The van der Waals surface area contributed by atoms with Gasteiger partial charge in [0.25, 0.3) is 5.91 Å². The molecular weight excluding hydrogens is 508 g/mol. The van der Waals surface area contributed by atoms with E-state index < -0.39 is 35.6 Å². The molecule has 4 aliphatic rings. The Kier molecular flexibility index (Phi) is 8.21. The van der Waals surface area contributed by atoms with Gasteiger partial charge in [0.05, 0.1) is 29.3 Å². The number of aliphatic hydroxyl groups excluding tert-OH is 1. The fraction of sp³-hybridized carbons (Fsp3) is 0.552. The van der Waals surface area contributed by atoms with Crippen LogP contribution in [0.4, 0.5) is 5.69 Å². The molecule has 38 heavy (non-hydrogen) atoms. The minimum Gasteiger partial charge on any atom is -0.465 e. The predicted molar refractivity (Wildman–Crippen MR) is 143 cm³/mol. The van der Waals surface area contributed by atoms with Gasteiger partial charge in [0, 0.05) is 19.7 Å². The zero-order chi connectivity index (χ0) is 26.7. The van der Waals surface area contributed by atoms with Crippen LogP contribution in [0.15, 0.2) is 48.6 Å². The Morgan fingerprint density at radius 3 is 2.66 bits per heavy atom. The number of aliphatic hydroxyl groups is 1. The van der Waals surface area contributed by atoms with E-state index in [2.05, 4.69) is 0 Å². The Balaban J connectivity index is 1.54. The van der Waals surface area contributed by atoms with Gasteiger partial charge in [0.2, 0.25) is 5.91 Å². The maximum Gasteiger partial charge on any atom is 0.312 e. The molecule has 2 amide bonds. The summed E-state index contributed by atoms with van der Waals surface area (Å²) in [6.45, 7) is 1.05. The zero-order valence-electron chi connectivity index (χ0n) is 21.5. The number of cyclic esters (lactones) is 1. The van der Waals surface area contributed by atoms with Gasteiger partial charge in [-0.2, -0.15) is 0 Å². The third-order valence-electron chi connectivity index (χ3n) is 8.05. The number of likely N-dealkylation sites (tertiary alicyclic amines) is 1. The van der Waals surface area contributed by atoms with E-state index in [9.17, 15) is 14.4 Å². The maximum absolute atomic E-state index is 14.3. The zero-order valence-corrected chi connectivity index (χ0v) is 22.2. The first kappa shape index (κ1) is 26.9. The molecule has 2 fully saturated rings. The van der Waals surface area contributed by atoms with Gasteiger partial charge in [-0.05, 0) is 44.2 Å². The number of nitrogens with zero attached hydrogens (tertiary/aromatic N) is 2. The van der Waals surface area contributed by atoms with Crippen LogP contribution in [-0.2, 0) is 23.9 Å². The van der Waals surface area contributed by atoms with Crippen molar-refractivity contribution in [2.45, 2.75) is 62.7 Å². The van der Waals surface area contributed by atoms with E-state index in [0.29, 0.717) is 36.7 Å². The first-order valence-corrected chi connectivity index (χ1v) is 14.0. The molecule has 0 aromatic heterocycles. The number of amides is 2. The lowest BCUT2D eigenvalue weighted by atomic mass is 9.78. The average Bonchev–Trinajstić information content (AvgIpc) is 3.29. The molecule has 0 saturated carbocycles. The third-order valence-corrected chi connectivity index (χ3v) is 8.37. The van der Waals surface area contributed by atoms with Crippen molar-refractivity contribution < 1.29 is 29.0 Å². The number of carbonyl (C=O) groups is 3. The molecule has 1 unspecified atom stereocenters. The monoisotopic (exact) mass is 542 g/mol. The lowest BCUT2D eigenvalue weighted by Crippen LogP contribution is -2.55. The predicted octanol–water partition coefficient (Wildman–Crippen LogP) is 3.66. The summed E-state index contributed by atoms with van der Waals surface area (Å²) in [6.07, 6.45) is 12.4. The van der Waals surface area contributed by atoms with E-state index in [1.54, 1.807) is 28.0 Å². The van der Waals surface area contributed by atoms with E-state index in [1.165, 1.54) is 0 Å².